The Labute approximate surface area is 96.1 Å². The Balaban J connectivity index is 2.24. The van der Waals surface area contributed by atoms with Crippen LogP contribution >= 0.6 is 0 Å². The summed E-state index contributed by atoms with van der Waals surface area (Å²) in [5.74, 6) is -0.685. The van der Waals surface area contributed by atoms with Crippen LogP contribution in [0.15, 0.2) is 9.59 Å². The highest BCUT2D eigenvalue weighted by molar-refractivity contribution is 5.66. The average Bonchev–Trinajstić information content (AvgIpc) is 2.21. The summed E-state index contributed by atoms with van der Waals surface area (Å²) in [6.07, 6.45) is 2.26. The van der Waals surface area contributed by atoms with Crippen molar-refractivity contribution in [3.05, 3.63) is 21.0 Å². The van der Waals surface area contributed by atoms with E-state index in [4.69, 9.17) is 5.11 Å². The van der Waals surface area contributed by atoms with Gasteiger partial charge in [0.25, 0.3) is 0 Å². The number of nitrogens with one attached hydrogen (secondary N) is 3. The van der Waals surface area contributed by atoms with Crippen molar-refractivity contribution in [1.29, 1.82) is 0 Å². The number of nitrogens with zero attached hydrogens (tertiary/aromatic N) is 1. The second-order valence-corrected chi connectivity index (χ2v) is 3.48. The summed E-state index contributed by atoms with van der Waals surface area (Å²) in [5.41, 5.74) is -1.32. The zero-order valence-electron chi connectivity index (χ0n) is 9.15. The number of carbonyl (C=O) groups is 1. The van der Waals surface area contributed by atoms with Gasteiger partial charge in [0.15, 0.2) is 0 Å². The molecule has 1 rings (SSSR count). The van der Waals surface area contributed by atoms with Crippen LogP contribution in [-0.2, 0) is 4.79 Å². The van der Waals surface area contributed by atoms with Gasteiger partial charge in [-0.05, 0) is 12.8 Å². The van der Waals surface area contributed by atoms with Crippen molar-refractivity contribution in [2.75, 3.05) is 11.9 Å². The summed E-state index contributed by atoms with van der Waals surface area (Å²) in [6.45, 7) is 0.520. The molecule has 1 aromatic heterocycles. The molecule has 0 aromatic carbocycles. The summed E-state index contributed by atoms with van der Waals surface area (Å²) in [4.78, 5) is 39.7. The van der Waals surface area contributed by atoms with E-state index in [-0.39, 0.29) is 12.4 Å². The quantitative estimate of drug-likeness (QED) is 0.478. The molecular formula is C9H14N4O4. The lowest BCUT2D eigenvalue weighted by atomic mass is 10.2. The van der Waals surface area contributed by atoms with E-state index in [2.05, 4.69) is 15.3 Å². The lowest BCUT2D eigenvalue weighted by Crippen LogP contribution is -2.26. The van der Waals surface area contributed by atoms with Crippen molar-refractivity contribution in [2.24, 2.45) is 0 Å². The summed E-state index contributed by atoms with van der Waals surface area (Å²) in [5, 5.41) is 11.2. The van der Waals surface area contributed by atoms with Gasteiger partial charge in [0.05, 0.1) is 0 Å². The van der Waals surface area contributed by atoms with E-state index in [0.717, 1.165) is 12.8 Å². The maximum absolute atomic E-state index is 10.9. The van der Waals surface area contributed by atoms with Crippen LogP contribution in [0.4, 0.5) is 5.95 Å². The molecule has 1 heterocycles. The minimum absolute atomic E-state index is 0.122. The van der Waals surface area contributed by atoms with Gasteiger partial charge in [-0.3, -0.25) is 14.8 Å². The molecule has 0 spiro atoms. The molecule has 0 bridgehead atoms. The molecule has 0 amide bonds. The second-order valence-electron chi connectivity index (χ2n) is 3.48. The summed E-state index contributed by atoms with van der Waals surface area (Å²) >= 11 is 0. The molecule has 17 heavy (non-hydrogen) atoms. The van der Waals surface area contributed by atoms with E-state index in [0.29, 0.717) is 13.0 Å². The number of aromatic amines is 2. The molecule has 94 valence electrons. The van der Waals surface area contributed by atoms with E-state index in [9.17, 15) is 14.4 Å². The number of hydrogen-bond acceptors (Lipinski definition) is 5. The monoisotopic (exact) mass is 242 g/mol. The Kier molecular flexibility index (Phi) is 4.92. The molecule has 8 nitrogen and oxygen atoms in total. The van der Waals surface area contributed by atoms with Crippen LogP contribution < -0.4 is 16.7 Å². The highest BCUT2D eigenvalue weighted by atomic mass is 16.4. The molecular weight excluding hydrogens is 228 g/mol. The molecule has 1 aromatic rings. The summed E-state index contributed by atoms with van der Waals surface area (Å²) in [7, 11) is 0. The SMILES string of the molecule is O=C(O)CCCCCNc1nc(=O)[nH]c(=O)[nH]1. The predicted octanol–water partition coefficient (Wildman–Crippen LogP) is -0.485. The average molecular weight is 242 g/mol. The summed E-state index contributed by atoms with van der Waals surface area (Å²) < 4.78 is 0. The van der Waals surface area contributed by atoms with E-state index in [1.807, 2.05) is 4.98 Å². The van der Waals surface area contributed by atoms with Crippen LogP contribution in [0.5, 0.6) is 0 Å². The first kappa shape index (κ1) is 12.9. The highest BCUT2D eigenvalue weighted by Crippen LogP contribution is 2.00. The largest absolute Gasteiger partial charge is 0.481 e. The molecule has 0 radical (unpaired) electrons. The van der Waals surface area contributed by atoms with E-state index in [1.165, 1.54) is 0 Å². The Morgan fingerprint density at radius 2 is 2.00 bits per heavy atom. The fourth-order valence-corrected chi connectivity index (χ4v) is 1.26. The molecule has 0 aliphatic carbocycles. The molecule has 0 saturated heterocycles. The van der Waals surface area contributed by atoms with Gasteiger partial charge in [-0.25, -0.2) is 9.59 Å². The number of carboxylic acids is 1. The molecule has 0 fully saturated rings. The standard InChI is InChI=1S/C9H14N4O4/c14-6(15)4-2-1-3-5-10-7-11-8(16)13-9(17)12-7/h1-5H2,(H,14,15)(H3,10,11,12,13,16,17). The van der Waals surface area contributed by atoms with Gasteiger partial charge in [-0.2, -0.15) is 4.98 Å². The van der Waals surface area contributed by atoms with Crippen molar-refractivity contribution in [2.45, 2.75) is 25.7 Å². The Bertz CT molecular complexity index is 450. The van der Waals surface area contributed by atoms with Crippen LogP contribution in [0.3, 0.4) is 0 Å². The molecule has 0 unspecified atom stereocenters. The second kappa shape index (κ2) is 6.46. The fraction of sp³-hybridized carbons (Fsp3) is 0.556. The van der Waals surface area contributed by atoms with Gasteiger partial charge in [0.2, 0.25) is 5.95 Å². The zero-order chi connectivity index (χ0) is 12.7. The van der Waals surface area contributed by atoms with E-state index in [1.54, 1.807) is 0 Å². The van der Waals surface area contributed by atoms with Crippen LogP contribution in [0.1, 0.15) is 25.7 Å². The minimum atomic E-state index is -0.807. The third-order valence-corrected chi connectivity index (χ3v) is 2.03. The molecule has 0 atom stereocenters. The van der Waals surface area contributed by atoms with Gasteiger partial charge in [-0.1, -0.05) is 6.42 Å². The maximum Gasteiger partial charge on any atom is 0.352 e. The van der Waals surface area contributed by atoms with Gasteiger partial charge in [0, 0.05) is 13.0 Å². The predicted molar refractivity (Wildman–Crippen MR) is 60.1 cm³/mol. The van der Waals surface area contributed by atoms with E-state index < -0.39 is 17.3 Å². The number of aliphatic carboxylic acids is 1. The highest BCUT2D eigenvalue weighted by Gasteiger charge is 1.98. The van der Waals surface area contributed by atoms with Gasteiger partial charge >= 0.3 is 17.3 Å². The van der Waals surface area contributed by atoms with Gasteiger partial charge < -0.3 is 10.4 Å². The number of unbranched alkanes of at least 4 members (excludes halogenated alkanes) is 2. The molecule has 0 saturated carbocycles. The first-order chi connectivity index (χ1) is 8.08. The molecule has 4 N–H and O–H groups in total. The number of hydrogen-bond donors (Lipinski definition) is 4. The number of aromatic nitrogens is 3. The van der Waals surface area contributed by atoms with Gasteiger partial charge in [0.1, 0.15) is 0 Å². The Hall–Kier alpha value is -2.12. The topological polar surface area (TPSA) is 128 Å². The lowest BCUT2D eigenvalue weighted by Gasteiger charge is -2.03. The number of anilines is 1. The Morgan fingerprint density at radius 3 is 2.65 bits per heavy atom. The normalized spacial score (nSPS) is 10.1. The zero-order valence-corrected chi connectivity index (χ0v) is 9.15. The van der Waals surface area contributed by atoms with Crippen molar-refractivity contribution in [3.8, 4) is 0 Å². The van der Waals surface area contributed by atoms with Crippen LogP contribution in [0, 0.1) is 0 Å². The lowest BCUT2D eigenvalue weighted by molar-refractivity contribution is -0.137. The first-order valence-corrected chi connectivity index (χ1v) is 5.24. The molecule has 0 aliphatic rings. The minimum Gasteiger partial charge on any atom is -0.481 e. The third kappa shape index (κ3) is 5.50. The smallest absolute Gasteiger partial charge is 0.352 e. The van der Waals surface area contributed by atoms with Crippen molar-refractivity contribution in [3.63, 3.8) is 0 Å². The van der Waals surface area contributed by atoms with Crippen LogP contribution in [-0.4, -0.2) is 32.6 Å². The Morgan fingerprint density at radius 1 is 1.24 bits per heavy atom. The third-order valence-electron chi connectivity index (χ3n) is 2.03. The van der Waals surface area contributed by atoms with Crippen LogP contribution in [0.2, 0.25) is 0 Å². The van der Waals surface area contributed by atoms with Crippen molar-refractivity contribution >= 4 is 11.9 Å². The first-order valence-electron chi connectivity index (χ1n) is 5.24. The fourth-order valence-electron chi connectivity index (χ4n) is 1.26. The van der Waals surface area contributed by atoms with Crippen molar-refractivity contribution < 1.29 is 9.90 Å². The number of rotatable bonds is 7. The maximum atomic E-state index is 10.9. The van der Waals surface area contributed by atoms with Gasteiger partial charge in [-0.15, -0.1) is 0 Å². The van der Waals surface area contributed by atoms with E-state index >= 15 is 0 Å². The van der Waals surface area contributed by atoms with Crippen molar-refractivity contribution in [1.82, 2.24) is 15.0 Å². The summed E-state index contributed by atoms with van der Waals surface area (Å²) in [6, 6.07) is 0. The van der Waals surface area contributed by atoms with Crippen LogP contribution in [0.25, 0.3) is 0 Å². The number of carboxylic acid groups (broad SMARTS) is 1. The molecule has 0 aliphatic heterocycles. The number of H-pyrrole nitrogens is 2. The molecule has 8 heteroatoms.